The number of hydrogen-bond donors (Lipinski definition) is 1. The second-order valence-electron chi connectivity index (χ2n) is 3.60. The van der Waals surface area contributed by atoms with Crippen molar-refractivity contribution < 1.29 is 24.1 Å². The summed E-state index contributed by atoms with van der Waals surface area (Å²) >= 11 is 6.17. The van der Waals surface area contributed by atoms with Crippen LogP contribution in [-0.4, -0.2) is 32.4 Å². The summed E-state index contributed by atoms with van der Waals surface area (Å²) in [4.78, 5) is 11.1. The number of hydrogen-bond acceptors (Lipinski definition) is 4. The van der Waals surface area contributed by atoms with Crippen molar-refractivity contribution >= 4 is 17.6 Å². The highest BCUT2D eigenvalue weighted by Gasteiger charge is 2.26. The van der Waals surface area contributed by atoms with E-state index < -0.39 is 11.9 Å². The van der Waals surface area contributed by atoms with Crippen LogP contribution in [0.2, 0.25) is 5.02 Å². The Morgan fingerprint density at radius 2 is 1.78 bits per heavy atom. The van der Waals surface area contributed by atoms with Gasteiger partial charge in [-0.3, -0.25) is 4.79 Å². The molecular formula is C12H15ClO5. The van der Waals surface area contributed by atoms with Gasteiger partial charge in [0, 0.05) is 11.6 Å². The summed E-state index contributed by atoms with van der Waals surface area (Å²) in [6, 6.07) is 1.56. The summed E-state index contributed by atoms with van der Waals surface area (Å²) in [6.07, 6.45) is 0. The van der Waals surface area contributed by atoms with E-state index in [1.54, 1.807) is 6.07 Å². The van der Waals surface area contributed by atoms with Crippen LogP contribution >= 0.6 is 11.6 Å². The number of aliphatic carboxylic acids is 1. The van der Waals surface area contributed by atoms with Crippen LogP contribution in [0.15, 0.2) is 6.07 Å². The maximum atomic E-state index is 11.1. The van der Waals surface area contributed by atoms with Gasteiger partial charge in [0.2, 0.25) is 0 Å². The van der Waals surface area contributed by atoms with Crippen molar-refractivity contribution in [2.45, 2.75) is 12.8 Å². The van der Waals surface area contributed by atoms with Crippen molar-refractivity contribution in [2.75, 3.05) is 21.3 Å². The van der Waals surface area contributed by atoms with Gasteiger partial charge >= 0.3 is 5.97 Å². The number of halogens is 1. The number of methoxy groups -OCH3 is 3. The molecule has 0 saturated carbocycles. The number of benzene rings is 1. The quantitative estimate of drug-likeness (QED) is 0.894. The highest BCUT2D eigenvalue weighted by atomic mass is 35.5. The van der Waals surface area contributed by atoms with E-state index in [4.69, 9.17) is 30.9 Å². The molecule has 1 aromatic carbocycles. The molecule has 0 aliphatic rings. The fourth-order valence-corrected chi connectivity index (χ4v) is 2.07. The summed E-state index contributed by atoms with van der Waals surface area (Å²) < 4.78 is 15.4. The first-order chi connectivity index (χ1) is 8.47. The smallest absolute Gasteiger partial charge is 0.310 e. The fraction of sp³-hybridized carbons (Fsp3) is 0.417. The molecule has 0 saturated heterocycles. The predicted octanol–water partition coefficient (Wildman–Crippen LogP) is 2.55. The molecule has 0 aromatic heterocycles. The highest BCUT2D eigenvalue weighted by molar-refractivity contribution is 6.33. The second-order valence-corrected chi connectivity index (χ2v) is 3.98. The van der Waals surface area contributed by atoms with Gasteiger partial charge in [-0.25, -0.2) is 0 Å². The lowest BCUT2D eigenvalue weighted by Crippen LogP contribution is -2.10. The molecule has 0 bridgehead atoms. The summed E-state index contributed by atoms with van der Waals surface area (Å²) in [5, 5.41) is 9.27. The van der Waals surface area contributed by atoms with E-state index in [2.05, 4.69) is 0 Å². The molecular weight excluding hydrogens is 260 g/mol. The third kappa shape index (κ3) is 2.46. The van der Waals surface area contributed by atoms with Gasteiger partial charge in [-0.15, -0.1) is 0 Å². The average Bonchev–Trinajstić information content (AvgIpc) is 2.36. The predicted molar refractivity (Wildman–Crippen MR) is 67.2 cm³/mol. The molecule has 1 unspecified atom stereocenters. The zero-order chi connectivity index (χ0) is 13.9. The molecule has 0 heterocycles. The first-order valence-electron chi connectivity index (χ1n) is 5.19. The van der Waals surface area contributed by atoms with Crippen molar-refractivity contribution in [2.24, 2.45) is 0 Å². The number of ether oxygens (including phenoxy) is 3. The van der Waals surface area contributed by atoms with E-state index in [1.807, 2.05) is 0 Å². The molecule has 1 N–H and O–H groups in total. The Kier molecular flexibility index (Phi) is 4.67. The topological polar surface area (TPSA) is 65.0 Å². The minimum atomic E-state index is -0.998. The Labute approximate surface area is 110 Å². The van der Waals surface area contributed by atoms with E-state index in [0.717, 1.165) is 0 Å². The summed E-state index contributed by atoms with van der Waals surface area (Å²) in [5.74, 6) is -0.772. The Morgan fingerprint density at radius 1 is 1.22 bits per heavy atom. The Hall–Kier alpha value is -1.62. The first-order valence-corrected chi connectivity index (χ1v) is 5.56. The van der Waals surface area contributed by atoms with Crippen molar-refractivity contribution in [3.63, 3.8) is 0 Å². The van der Waals surface area contributed by atoms with Gasteiger partial charge in [0.05, 0.1) is 32.3 Å². The molecule has 0 spiro atoms. The first kappa shape index (κ1) is 14.4. The van der Waals surface area contributed by atoms with Crippen LogP contribution < -0.4 is 14.2 Å². The van der Waals surface area contributed by atoms with Crippen LogP contribution in [-0.2, 0) is 4.79 Å². The van der Waals surface area contributed by atoms with E-state index in [9.17, 15) is 4.79 Å². The molecule has 1 aromatic rings. The SMILES string of the molecule is COc1cc(OC)c(C(C)C(=O)O)c(Cl)c1OC. The summed E-state index contributed by atoms with van der Waals surface area (Å²) in [6.45, 7) is 1.53. The fourth-order valence-electron chi connectivity index (χ4n) is 1.64. The summed E-state index contributed by atoms with van der Waals surface area (Å²) in [7, 11) is 4.34. The zero-order valence-corrected chi connectivity index (χ0v) is 11.4. The number of carboxylic acids is 1. The maximum absolute atomic E-state index is 11.1. The zero-order valence-electron chi connectivity index (χ0n) is 10.6. The van der Waals surface area contributed by atoms with Crippen molar-refractivity contribution in [1.29, 1.82) is 0 Å². The second kappa shape index (κ2) is 5.82. The van der Waals surface area contributed by atoms with Gasteiger partial charge in [0.25, 0.3) is 0 Å². The minimum absolute atomic E-state index is 0.184. The molecule has 1 atom stereocenters. The Bertz CT molecular complexity index is 458. The van der Waals surface area contributed by atoms with Gasteiger partial charge in [0.1, 0.15) is 5.75 Å². The van der Waals surface area contributed by atoms with Gasteiger partial charge in [0.15, 0.2) is 11.5 Å². The van der Waals surface area contributed by atoms with Gasteiger partial charge in [-0.1, -0.05) is 11.6 Å². The molecule has 0 aliphatic carbocycles. The Balaban J connectivity index is 3.53. The lowest BCUT2D eigenvalue weighted by Gasteiger charge is -2.18. The van der Waals surface area contributed by atoms with Crippen molar-refractivity contribution in [3.8, 4) is 17.2 Å². The third-order valence-corrected chi connectivity index (χ3v) is 3.01. The minimum Gasteiger partial charge on any atom is -0.496 e. The monoisotopic (exact) mass is 274 g/mol. The molecule has 0 amide bonds. The molecule has 1 rings (SSSR count). The number of carboxylic acid groups (broad SMARTS) is 1. The van der Waals surface area contributed by atoms with E-state index in [-0.39, 0.29) is 5.02 Å². The van der Waals surface area contributed by atoms with Crippen LogP contribution in [0, 0.1) is 0 Å². The van der Waals surface area contributed by atoms with Gasteiger partial charge < -0.3 is 19.3 Å². The average molecular weight is 275 g/mol. The van der Waals surface area contributed by atoms with Crippen LogP contribution in [0.1, 0.15) is 18.4 Å². The molecule has 0 radical (unpaired) electrons. The van der Waals surface area contributed by atoms with Crippen molar-refractivity contribution in [1.82, 2.24) is 0 Å². The van der Waals surface area contributed by atoms with E-state index >= 15 is 0 Å². The molecule has 18 heavy (non-hydrogen) atoms. The molecule has 100 valence electrons. The third-order valence-electron chi connectivity index (χ3n) is 2.63. The largest absolute Gasteiger partial charge is 0.496 e. The van der Waals surface area contributed by atoms with Gasteiger partial charge in [-0.2, -0.15) is 0 Å². The van der Waals surface area contributed by atoms with Crippen molar-refractivity contribution in [3.05, 3.63) is 16.7 Å². The number of carbonyl (C=O) groups is 1. The highest BCUT2D eigenvalue weighted by Crippen LogP contribution is 2.45. The Morgan fingerprint density at radius 3 is 2.17 bits per heavy atom. The summed E-state index contributed by atoms with van der Waals surface area (Å²) in [5.41, 5.74) is 0.365. The van der Waals surface area contributed by atoms with Crippen LogP contribution in [0.3, 0.4) is 0 Å². The number of rotatable bonds is 5. The lowest BCUT2D eigenvalue weighted by atomic mass is 9.99. The van der Waals surface area contributed by atoms with Gasteiger partial charge in [-0.05, 0) is 6.92 Å². The molecule has 6 heteroatoms. The van der Waals surface area contributed by atoms with Crippen LogP contribution in [0.5, 0.6) is 17.2 Å². The molecule has 0 aliphatic heterocycles. The van der Waals surface area contributed by atoms with E-state index in [1.165, 1.54) is 28.3 Å². The lowest BCUT2D eigenvalue weighted by molar-refractivity contribution is -0.138. The standard InChI is InChI=1S/C12H15ClO5/c1-6(12(14)15)9-7(16-2)5-8(17-3)11(18-4)10(9)13/h5-6H,1-4H3,(H,14,15). The normalized spacial score (nSPS) is 11.8. The van der Waals surface area contributed by atoms with Crippen LogP contribution in [0.4, 0.5) is 0 Å². The maximum Gasteiger partial charge on any atom is 0.310 e. The van der Waals surface area contributed by atoms with Crippen LogP contribution in [0.25, 0.3) is 0 Å². The molecule has 5 nitrogen and oxygen atoms in total. The van der Waals surface area contributed by atoms with E-state index in [0.29, 0.717) is 22.8 Å². The molecule has 0 fully saturated rings.